The van der Waals surface area contributed by atoms with Gasteiger partial charge in [-0.2, -0.15) is 0 Å². The van der Waals surface area contributed by atoms with Crippen molar-refractivity contribution in [3.63, 3.8) is 0 Å². The van der Waals surface area contributed by atoms with E-state index < -0.39 is 0 Å². The third-order valence-electron chi connectivity index (χ3n) is 0.878. The molecule has 1 fully saturated rings. The molecule has 3 radical (unpaired) electrons. The first kappa shape index (κ1) is 6.04. The first-order chi connectivity index (χ1) is 3.39. The summed E-state index contributed by atoms with van der Waals surface area (Å²) in [5, 5.41) is 0. The van der Waals surface area contributed by atoms with Crippen molar-refractivity contribution in [1.29, 1.82) is 0 Å². The minimum atomic E-state index is 0.721. The molecule has 1 aliphatic heterocycles. The fourth-order valence-corrected chi connectivity index (χ4v) is 3.55. The maximum atomic E-state index is 3.58. The van der Waals surface area contributed by atoms with Crippen LogP contribution in [0.3, 0.4) is 0 Å². The van der Waals surface area contributed by atoms with Crippen LogP contribution in [0.15, 0.2) is 0 Å². The van der Waals surface area contributed by atoms with Gasteiger partial charge in [-0.3, -0.25) is 0 Å². The van der Waals surface area contributed by atoms with Crippen LogP contribution in [0.25, 0.3) is 0 Å². The van der Waals surface area contributed by atoms with E-state index in [1.807, 2.05) is 21.6 Å². The molecule has 0 N–H and O–H groups in total. The van der Waals surface area contributed by atoms with Crippen molar-refractivity contribution in [2.75, 3.05) is 5.75 Å². The van der Waals surface area contributed by atoms with E-state index in [9.17, 15) is 0 Å². The lowest BCUT2D eigenvalue weighted by Gasteiger charge is -2.14. The highest BCUT2D eigenvalue weighted by Gasteiger charge is 2.07. The van der Waals surface area contributed by atoms with Gasteiger partial charge in [0.15, 0.2) is 0 Å². The molecule has 1 unspecified atom stereocenters. The topological polar surface area (TPSA) is 0 Å². The molecule has 1 aliphatic rings. The normalized spacial score (nSPS) is 33.0. The van der Waals surface area contributed by atoms with E-state index in [1.54, 1.807) is 0 Å². The Morgan fingerprint density at radius 3 is 2.71 bits per heavy atom. The van der Waals surface area contributed by atoms with Crippen LogP contribution in [-0.2, 0) is 0 Å². The predicted octanol–water partition coefficient (Wildman–Crippen LogP) is 1.66. The molecule has 39 valence electrons. The molecule has 1 rings (SSSR count). The molecule has 0 spiro atoms. The highest BCUT2D eigenvalue weighted by atomic mass is 33.1. The van der Waals surface area contributed by atoms with Crippen LogP contribution >= 0.6 is 21.6 Å². The molecule has 0 aromatic rings. The minimum Gasteiger partial charge on any atom is -0.0947 e. The van der Waals surface area contributed by atoms with Crippen molar-refractivity contribution in [3.05, 3.63) is 0 Å². The Hall–Kier alpha value is 0.917. The van der Waals surface area contributed by atoms with E-state index >= 15 is 0 Å². The Morgan fingerprint density at radius 1 is 1.57 bits per heavy atom. The van der Waals surface area contributed by atoms with Gasteiger partial charge < -0.3 is 0 Å². The molecule has 0 aromatic heterocycles. The molecule has 0 aliphatic carbocycles. The van der Waals surface area contributed by atoms with Crippen LogP contribution in [0, 0.1) is 0 Å². The molecular formula is C4H7S2Si. The minimum absolute atomic E-state index is 0.721. The van der Waals surface area contributed by atoms with Crippen LogP contribution in [0.5, 0.6) is 0 Å². The van der Waals surface area contributed by atoms with E-state index in [2.05, 4.69) is 10.2 Å². The summed E-state index contributed by atoms with van der Waals surface area (Å²) in [4.78, 5) is 0.721. The largest absolute Gasteiger partial charge is 0.0947 e. The number of hydrogen-bond acceptors (Lipinski definition) is 2. The van der Waals surface area contributed by atoms with E-state index in [0.29, 0.717) is 0 Å². The zero-order valence-corrected chi connectivity index (χ0v) is 6.65. The van der Waals surface area contributed by atoms with E-state index in [1.165, 1.54) is 18.6 Å². The van der Waals surface area contributed by atoms with E-state index in [0.717, 1.165) is 4.87 Å². The van der Waals surface area contributed by atoms with Crippen molar-refractivity contribution < 1.29 is 0 Å². The summed E-state index contributed by atoms with van der Waals surface area (Å²) in [6.45, 7) is 0. The number of hydrogen-bond donors (Lipinski definition) is 0. The third-order valence-corrected chi connectivity index (χ3v) is 4.70. The van der Waals surface area contributed by atoms with Crippen molar-refractivity contribution >= 4 is 31.8 Å². The molecule has 1 saturated heterocycles. The van der Waals surface area contributed by atoms with Gasteiger partial charge in [-0.15, -0.1) is 0 Å². The van der Waals surface area contributed by atoms with E-state index in [-0.39, 0.29) is 0 Å². The lowest BCUT2D eigenvalue weighted by atomic mass is 10.4. The Labute approximate surface area is 55.6 Å². The smallest absolute Gasteiger partial charge is 0.0427 e. The van der Waals surface area contributed by atoms with Gasteiger partial charge in [0, 0.05) is 20.9 Å². The first-order valence-corrected chi connectivity index (χ1v) is 5.35. The molecule has 0 bridgehead atoms. The van der Waals surface area contributed by atoms with Crippen LogP contribution in [0.2, 0.25) is 0 Å². The summed E-state index contributed by atoms with van der Waals surface area (Å²) < 4.78 is 0. The fraction of sp³-hybridized carbons (Fsp3) is 1.00. The van der Waals surface area contributed by atoms with Crippen molar-refractivity contribution in [2.24, 2.45) is 0 Å². The van der Waals surface area contributed by atoms with Gasteiger partial charge in [-0.05, 0) is 12.8 Å². The zero-order chi connectivity index (χ0) is 5.11. The van der Waals surface area contributed by atoms with Gasteiger partial charge in [-0.25, -0.2) is 0 Å². The molecule has 7 heavy (non-hydrogen) atoms. The molecule has 1 heterocycles. The maximum absolute atomic E-state index is 3.58. The summed E-state index contributed by atoms with van der Waals surface area (Å²) in [7, 11) is 7.50. The first-order valence-electron chi connectivity index (χ1n) is 2.39. The van der Waals surface area contributed by atoms with Crippen LogP contribution in [0.1, 0.15) is 12.8 Å². The van der Waals surface area contributed by atoms with Crippen LogP contribution in [-0.4, -0.2) is 20.9 Å². The molecule has 1 atom stereocenters. The van der Waals surface area contributed by atoms with Crippen molar-refractivity contribution in [1.82, 2.24) is 0 Å². The fourth-order valence-electron chi connectivity index (χ4n) is 0.506. The molecule has 0 aromatic carbocycles. The second-order valence-corrected chi connectivity index (χ2v) is 5.35. The van der Waals surface area contributed by atoms with Gasteiger partial charge in [0.25, 0.3) is 0 Å². The number of rotatable bonds is 0. The Bertz CT molecular complexity index is 51.7. The van der Waals surface area contributed by atoms with E-state index in [4.69, 9.17) is 0 Å². The summed E-state index contributed by atoms with van der Waals surface area (Å²) in [5.41, 5.74) is 0. The predicted molar refractivity (Wildman–Crippen MR) is 38.8 cm³/mol. The quantitative estimate of drug-likeness (QED) is 0.377. The SMILES string of the molecule is [Si]C1CCCSS1. The molecule has 0 saturated carbocycles. The van der Waals surface area contributed by atoms with Crippen LogP contribution in [0.4, 0.5) is 0 Å². The standard InChI is InChI=1S/C4H7S2Si/c7-4-2-1-3-5-6-4/h4H,1-3H2. The van der Waals surface area contributed by atoms with Gasteiger partial charge in [0.05, 0.1) is 0 Å². The lowest BCUT2D eigenvalue weighted by Crippen LogP contribution is -2.04. The molecular weight excluding hydrogens is 140 g/mol. The van der Waals surface area contributed by atoms with Gasteiger partial charge >= 0.3 is 0 Å². The van der Waals surface area contributed by atoms with Crippen molar-refractivity contribution in [3.8, 4) is 0 Å². The Kier molecular flexibility index (Phi) is 2.63. The molecule has 0 amide bonds. The monoisotopic (exact) mass is 147 g/mol. The highest BCUT2D eigenvalue weighted by molar-refractivity contribution is 8.77. The zero-order valence-electron chi connectivity index (χ0n) is 4.02. The summed E-state index contributed by atoms with van der Waals surface area (Å²) >= 11 is 0. The summed E-state index contributed by atoms with van der Waals surface area (Å²) in [6, 6.07) is 0. The Morgan fingerprint density at radius 2 is 2.43 bits per heavy atom. The van der Waals surface area contributed by atoms with Crippen LogP contribution < -0.4 is 0 Å². The van der Waals surface area contributed by atoms with Crippen molar-refractivity contribution in [2.45, 2.75) is 17.7 Å². The second-order valence-electron chi connectivity index (χ2n) is 1.55. The summed E-state index contributed by atoms with van der Waals surface area (Å²) in [5.74, 6) is 1.34. The Balaban J connectivity index is 2.12. The highest BCUT2D eigenvalue weighted by Crippen LogP contribution is 2.33. The average molecular weight is 147 g/mol. The summed E-state index contributed by atoms with van der Waals surface area (Å²) in [6.07, 6.45) is 2.72. The maximum Gasteiger partial charge on any atom is 0.0427 e. The van der Waals surface area contributed by atoms with Gasteiger partial charge in [-0.1, -0.05) is 21.6 Å². The van der Waals surface area contributed by atoms with Gasteiger partial charge in [0.1, 0.15) is 0 Å². The average Bonchev–Trinajstić information content (AvgIpc) is 1.69. The molecule has 0 nitrogen and oxygen atoms in total. The molecule has 3 heteroatoms. The third kappa shape index (κ3) is 2.10. The lowest BCUT2D eigenvalue weighted by molar-refractivity contribution is 0.872. The second kappa shape index (κ2) is 3.05. The van der Waals surface area contributed by atoms with Gasteiger partial charge in [0.2, 0.25) is 0 Å².